The van der Waals surface area contributed by atoms with Gasteiger partial charge >= 0.3 is 0 Å². The maximum absolute atomic E-state index is 14.1. The molecule has 0 atom stereocenters. The van der Waals surface area contributed by atoms with Crippen molar-refractivity contribution in [3.63, 3.8) is 0 Å². The maximum atomic E-state index is 14.1. The smallest absolute Gasteiger partial charge is 0.251 e. The van der Waals surface area contributed by atoms with Crippen LogP contribution in [-0.2, 0) is 0 Å². The van der Waals surface area contributed by atoms with Crippen molar-refractivity contribution >= 4 is 0 Å². The van der Waals surface area contributed by atoms with Gasteiger partial charge in [0.05, 0.1) is 11.3 Å². The van der Waals surface area contributed by atoms with E-state index in [2.05, 4.69) is 20.2 Å². The molecule has 0 saturated heterocycles. The molecule has 3 aromatic rings. The molecule has 0 aliphatic heterocycles. The molecule has 0 saturated carbocycles. The molecule has 0 radical (unpaired) electrons. The van der Waals surface area contributed by atoms with Crippen LogP contribution in [0, 0.1) is 12.7 Å². The Labute approximate surface area is 108 Å². The Bertz CT molecular complexity index is 712. The molecule has 6 heteroatoms. The molecule has 2 aromatic heterocycles. The lowest BCUT2D eigenvalue weighted by molar-refractivity contribution is 0.526. The van der Waals surface area contributed by atoms with E-state index in [0.29, 0.717) is 17.1 Å². The van der Waals surface area contributed by atoms with E-state index < -0.39 is 5.82 Å². The van der Waals surface area contributed by atoms with E-state index in [1.807, 2.05) is 0 Å². The minimum atomic E-state index is -0.431. The number of halogens is 1. The zero-order valence-electron chi connectivity index (χ0n) is 10.0. The zero-order chi connectivity index (χ0) is 13.2. The predicted molar refractivity (Wildman–Crippen MR) is 65.5 cm³/mol. The van der Waals surface area contributed by atoms with E-state index in [9.17, 15) is 4.39 Å². The number of benzene rings is 1. The van der Waals surface area contributed by atoms with E-state index in [1.54, 1.807) is 31.3 Å². The van der Waals surface area contributed by atoms with Crippen LogP contribution in [0.25, 0.3) is 22.7 Å². The first-order valence-corrected chi connectivity index (χ1v) is 5.61. The number of aromatic nitrogens is 4. The van der Waals surface area contributed by atoms with E-state index >= 15 is 0 Å². The van der Waals surface area contributed by atoms with Crippen LogP contribution < -0.4 is 0 Å². The standard InChI is InChI=1S/C13H9FN4O/c1-8-17-18-13(19-8)12-9(3-2-4-10(12)14)11-5-6-15-7-16-11/h2-7H,1H3. The van der Waals surface area contributed by atoms with Gasteiger partial charge in [0.25, 0.3) is 5.89 Å². The third-order valence-corrected chi connectivity index (χ3v) is 2.61. The van der Waals surface area contributed by atoms with Gasteiger partial charge in [0, 0.05) is 18.7 Å². The second-order valence-corrected chi connectivity index (χ2v) is 3.88. The summed E-state index contributed by atoms with van der Waals surface area (Å²) in [5, 5.41) is 7.59. The molecule has 3 rings (SSSR count). The molecule has 0 fully saturated rings. The highest BCUT2D eigenvalue weighted by Crippen LogP contribution is 2.32. The molecule has 0 bridgehead atoms. The van der Waals surface area contributed by atoms with E-state index in [1.165, 1.54) is 12.4 Å². The summed E-state index contributed by atoms with van der Waals surface area (Å²) in [7, 11) is 0. The van der Waals surface area contributed by atoms with Crippen molar-refractivity contribution in [2.45, 2.75) is 6.92 Å². The molecule has 94 valence electrons. The van der Waals surface area contributed by atoms with Crippen LogP contribution in [0.3, 0.4) is 0 Å². The van der Waals surface area contributed by atoms with Gasteiger partial charge in [0.1, 0.15) is 12.1 Å². The quantitative estimate of drug-likeness (QED) is 0.705. The fourth-order valence-corrected chi connectivity index (χ4v) is 1.80. The third kappa shape index (κ3) is 2.08. The van der Waals surface area contributed by atoms with Crippen molar-refractivity contribution in [2.75, 3.05) is 0 Å². The van der Waals surface area contributed by atoms with Gasteiger partial charge in [-0.3, -0.25) is 0 Å². The first-order chi connectivity index (χ1) is 9.25. The topological polar surface area (TPSA) is 64.7 Å². The maximum Gasteiger partial charge on any atom is 0.251 e. The highest BCUT2D eigenvalue weighted by atomic mass is 19.1. The summed E-state index contributed by atoms with van der Waals surface area (Å²) in [5.74, 6) is 0.0934. The van der Waals surface area contributed by atoms with Gasteiger partial charge in [0.15, 0.2) is 0 Å². The SMILES string of the molecule is Cc1nnc(-c2c(F)cccc2-c2ccncn2)o1. The number of rotatable bonds is 2. The van der Waals surface area contributed by atoms with Crippen LogP contribution in [0.1, 0.15) is 5.89 Å². The number of hydrogen-bond donors (Lipinski definition) is 0. The Balaban J connectivity index is 2.24. The molecule has 0 spiro atoms. The van der Waals surface area contributed by atoms with Crippen molar-refractivity contribution in [1.29, 1.82) is 0 Å². The summed E-state index contributed by atoms with van der Waals surface area (Å²) in [5.41, 5.74) is 1.44. The molecule has 0 aliphatic rings. The summed E-state index contributed by atoms with van der Waals surface area (Å²) in [6.07, 6.45) is 3.00. The minimum Gasteiger partial charge on any atom is -0.421 e. The van der Waals surface area contributed by atoms with E-state index in [0.717, 1.165) is 0 Å². The summed E-state index contributed by atoms with van der Waals surface area (Å²) < 4.78 is 19.4. The van der Waals surface area contributed by atoms with Gasteiger partial charge in [-0.25, -0.2) is 14.4 Å². The van der Waals surface area contributed by atoms with Gasteiger partial charge in [0.2, 0.25) is 5.89 Å². The minimum absolute atomic E-state index is 0.143. The largest absolute Gasteiger partial charge is 0.421 e. The Morgan fingerprint density at radius 2 is 2.05 bits per heavy atom. The molecule has 0 aliphatic carbocycles. The lowest BCUT2D eigenvalue weighted by atomic mass is 10.0. The first-order valence-electron chi connectivity index (χ1n) is 5.61. The summed E-state index contributed by atoms with van der Waals surface area (Å²) in [6.45, 7) is 1.65. The molecule has 5 nitrogen and oxygen atoms in total. The van der Waals surface area contributed by atoms with Crippen molar-refractivity contribution in [1.82, 2.24) is 20.2 Å². The number of nitrogens with zero attached hydrogens (tertiary/aromatic N) is 4. The lowest BCUT2D eigenvalue weighted by Gasteiger charge is -2.06. The van der Waals surface area contributed by atoms with Crippen LogP contribution in [0.15, 0.2) is 41.2 Å². The lowest BCUT2D eigenvalue weighted by Crippen LogP contribution is -1.92. The van der Waals surface area contributed by atoms with Gasteiger partial charge in [-0.05, 0) is 12.1 Å². The summed E-state index contributed by atoms with van der Waals surface area (Å²) in [6, 6.07) is 6.40. The summed E-state index contributed by atoms with van der Waals surface area (Å²) in [4.78, 5) is 7.96. The molecular formula is C13H9FN4O. The van der Waals surface area contributed by atoms with Crippen molar-refractivity contribution < 1.29 is 8.81 Å². The van der Waals surface area contributed by atoms with Gasteiger partial charge in [-0.1, -0.05) is 12.1 Å². The number of aryl methyl sites for hydroxylation is 1. The average Bonchev–Trinajstić information content (AvgIpc) is 2.86. The normalized spacial score (nSPS) is 10.6. The fourth-order valence-electron chi connectivity index (χ4n) is 1.80. The van der Waals surface area contributed by atoms with Crippen molar-refractivity contribution in [3.05, 3.63) is 48.5 Å². The first kappa shape index (κ1) is 11.5. The molecular weight excluding hydrogens is 247 g/mol. The molecule has 1 aromatic carbocycles. The third-order valence-electron chi connectivity index (χ3n) is 2.61. The van der Waals surface area contributed by atoms with Crippen molar-refractivity contribution in [3.8, 4) is 22.7 Å². The Hall–Kier alpha value is -2.63. The second-order valence-electron chi connectivity index (χ2n) is 3.88. The monoisotopic (exact) mass is 256 g/mol. The molecule has 0 N–H and O–H groups in total. The molecule has 0 amide bonds. The predicted octanol–water partition coefficient (Wildman–Crippen LogP) is 2.64. The Morgan fingerprint density at radius 1 is 1.16 bits per heavy atom. The highest BCUT2D eigenvalue weighted by molar-refractivity contribution is 5.78. The van der Waals surface area contributed by atoms with E-state index in [-0.39, 0.29) is 11.5 Å². The fraction of sp³-hybridized carbons (Fsp3) is 0.0769. The van der Waals surface area contributed by atoms with Crippen LogP contribution in [-0.4, -0.2) is 20.2 Å². The van der Waals surface area contributed by atoms with Gasteiger partial charge in [-0.2, -0.15) is 0 Å². The highest BCUT2D eigenvalue weighted by Gasteiger charge is 2.18. The van der Waals surface area contributed by atoms with Crippen LogP contribution >= 0.6 is 0 Å². The van der Waals surface area contributed by atoms with Crippen LogP contribution in [0.2, 0.25) is 0 Å². The summed E-state index contributed by atoms with van der Waals surface area (Å²) >= 11 is 0. The van der Waals surface area contributed by atoms with Crippen LogP contribution in [0.4, 0.5) is 4.39 Å². The Kier molecular flexibility index (Phi) is 2.75. The zero-order valence-corrected chi connectivity index (χ0v) is 10.0. The molecule has 2 heterocycles. The van der Waals surface area contributed by atoms with Crippen molar-refractivity contribution in [2.24, 2.45) is 0 Å². The van der Waals surface area contributed by atoms with E-state index in [4.69, 9.17) is 4.42 Å². The van der Waals surface area contributed by atoms with Crippen LogP contribution in [0.5, 0.6) is 0 Å². The average molecular weight is 256 g/mol. The molecule has 0 unspecified atom stereocenters. The van der Waals surface area contributed by atoms with Gasteiger partial charge in [-0.15, -0.1) is 10.2 Å². The number of hydrogen-bond acceptors (Lipinski definition) is 5. The molecule has 19 heavy (non-hydrogen) atoms. The van der Waals surface area contributed by atoms with Gasteiger partial charge < -0.3 is 4.42 Å². The Morgan fingerprint density at radius 3 is 2.74 bits per heavy atom. The second kappa shape index (κ2) is 4.56.